The van der Waals surface area contributed by atoms with Crippen LogP contribution in [0.25, 0.3) is 0 Å². The van der Waals surface area contributed by atoms with Crippen molar-refractivity contribution in [2.24, 2.45) is 5.73 Å². The second kappa shape index (κ2) is 5.29. The van der Waals surface area contributed by atoms with Gasteiger partial charge in [-0.3, -0.25) is 0 Å². The van der Waals surface area contributed by atoms with Crippen molar-refractivity contribution in [3.8, 4) is 0 Å². The molecule has 0 saturated heterocycles. The maximum Gasteiger partial charge on any atom is 0.148 e. The van der Waals surface area contributed by atoms with Gasteiger partial charge in [0.05, 0.1) is 23.1 Å². The van der Waals surface area contributed by atoms with Crippen LogP contribution in [0.5, 0.6) is 0 Å². The highest BCUT2D eigenvalue weighted by Gasteiger charge is 2.03. The summed E-state index contributed by atoms with van der Waals surface area (Å²) >= 11 is 10.9. The monoisotopic (exact) mass is 278 g/mol. The predicted molar refractivity (Wildman–Crippen MR) is 77.4 cm³/mol. The summed E-state index contributed by atoms with van der Waals surface area (Å²) in [6.45, 7) is 1.99. The largest absolute Gasteiger partial charge is 0.388 e. The number of benzene rings is 1. The third kappa shape index (κ3) is 2.94. The first kappa shape index (κ1) is 12.7. The van der Waals surface area contributed by atoms with E-state index in [-0.39, 0.29) is 4.99 Å². The van der Waals surface area contributed by atoms with Crippen LogP contribution in [0.15, 0.2) is 30.6 Å². The molecule has 0 amide bonds. The van der Waals surface area contributed by atoms with E-state index in [4.69, 9.17) is 29.6 Å². The molecule has 0 atom stereocenters. The molecule has 4 nitrogen and oxygen atoms in total. The minimum atomic E-state index is 0.225. The number of hydrogen-bond donors (Lipinski definition) is 2. The van der Waals surface area contributed by atoms with Gasteiger partial charge in [0.15, 0.2) is 0 Å². The van der Waals surface area contributed by atoms with Crippen molar-refractivity contribution in [2.75, 3.05) is 5.32 Å². The molecule has 0 bridgehead atoms. The average molecular weight is 279 g/mol. The van der Waals surface area contributed by atoms with E-state index in [0.29, 0.717) is 16.5 Å². The van der Waals surface area contributed by atoms with Crippen molar-refractivity contribution in [3.63, 3.8) is 0 Å². The SMILES string of the molecule is Cc1ccc(Cl)c(Nc2cnc(C(N)=S)cn2)c1. The fraction of sp³-hybridized carbons (Fsp3) is 0.0833. The molecule has 3 N–H and O–H groups in total. The molecule has 0 fully saturated rings. The molecule has 1 aromatic heterocycles. The zero-order valence-electron chi connectivity index (χ0n) is 9.64. The predicted octanol–water partition coefficient (Wildman–Crippen LogP) is 2.82. The summed E-state index contributed by atoms with van der Waals surface area (Å²) in [7, 11) is 0. The van der Waals surface area contributed by atoms with Crippen LogP contribution in [0.4, 0.5) is 11.5 Å². The Morgan fingerprint density at radius 3 is 2.72 bits per heavy atom. The Morgan fingerprint density at radius 1 is 1.33 bits per heavy atom. The second-order valence-electron chi connectivity index (χ2n) is 3.76. The molecule has 0 spiro atoms. The minimum absolute atomic E-state index is 0.225. The number of aryl methyl sites for hydroxylation is 1. The first-order valence-electron chi connectivity index (χ1n) is 5.21. The lowest BCUT2D eigenvalue weighted by atomic mass is 10.2. The van der Waals surface area contributed by atoms with E-state index in [0.717, 1.165) is 11.3 Å². The number of thiocarbonyl (C=S) groups is 1. The molecular formula is C12H11ClN4S. The van der Waals surface area contributed by atoms with Crippen molar-refractivity contribution in [1.29, 1.82) is 0 Å². The van der Waals surface area contributed by atoms with Crippen molar-refractivity contribution >= 4 is 40.3 Å². The smallest absolute Gasteiger partial charge is 0.148 e. The van der Waals surface area contributed by atoms with E-state index in [1.807, 2.05) is 25.1 Å². The van der Waals surface area contributed by atoms with Crippen molar-refractivity contribution < 1.29 is 0 Å². The fourth-order valence-corrected chi connectivity index (χ4v) is 1.66. The Kier molecular flexibility index (Phi) is 3.74. The highest BCUT2D eigenvalue weighted by Crippen LogP contribution is 2.25. The third-order valence-corrected chi connectivity index (χ3v) is 2.83. The fourth-order valence-electron chi connectivity index (χ4n) is 1.39. The Balaban J connectivity index is 2.23. The molecule has 2 rings (SSSR count). The summed E-state index contributed by atoms with van der Waals surface area (Å²) in [6, 6.07) is 5.71. The van der Waals surface area contributed by atoms with Gasteiger partial charge in [0.2, 0.25) is 0 Å². The van der Waals surface area contributed by atoms with Gasteiger partial charge in [-0.05, 0) is 24.6 Å². The van der Waals surface area contributed by atoms with Gasteiger partial charge in [-0.25, -0.2) is 9.97 Å². The number of rotatable bonds is 3. The van der Waals surface area contributed by atoms with E-state index >= 15 is 0 Å². The molecule has 0 aliphatic rings. The maximum atomic E-state index is 6.08. The number of nitrogens with one attached hydrogen (secondary N) is 1. The van der Waals surface area contributed by atoms with E-state index in [2.05, 4.69) is 15.3 Å². The summed E-state index contributed by atoms with van der Waals surface area (Å²) in [5, 5.41) is 3.72. The van der Waals surface area contributed by atoms with Crippen LogP contribution in [-0.4, -0.2) is 15.0 Å². The molecule has 0 unspecified atom stereocenters. The van der Waals surface area contributed by atoms with Gasteiger partial charge >= 0.3 is 0 Å². The molecule has 1 heterocycles. The van der Waals surface area contributed by atoms with Gasteiger partial charge in [-0.15, -0.1) is 0 Å². The van der Waals surface area contributed by atoms with Crippen molar-refractivity contribution in [2.45, 2.75) is 6.92 Å². The molecule has 0 aliphatic heterocycles. The molecule has 0 saturated carbocycles. The number of anilines is 2. The Hall–Kier alpha value is -1.72. The number of hydrogen-bond acceptors (Lipinski definition) is 4. The van der Waals surface area contributed by atoms with Gasteiger partial charge in [-0.2, -0.15) is 0 Å². The van der Waals surface area contributed by atoms with Crippen LogP contribution < -0.4 is 11.1 Å². The summed E-state index contributed by atoms with van der Waals surface area (Å²) in [5.74, 6) is 0.586. The zero-order valence-corrected chi connectivity index (χ0v) is 11.2. The standard InChI is InChI=1S/C12H11ClN4S/c1-7-2-3-8(13)9(4-7)17-11-6-15-10(5-16-11)12(14)18/h2-6H,1H3,(H2,14,18)(H,16,17). The minimum Gasteiger partial charge on any atom is -0.388 e. The van der Waals surface area contributed by atoms with E-state index < -0.39 is 0 Å². The topological polar surface area (TPSA) is 63.8 Å². The molecule has 2 aromatic rings. The molecule has 0 radical (unpaired) electrons. The maximum absolute atomic E-state index is 6.08. The van der Waals surface area contributed by atoms with E-state index in [1.54, 1.807) is 6.20 Å². The number of aromatic nitrogens is 2. The van der Waals surface area contributed by atoms with Crippen LogP contribution >= 0.6 is 23.8 Å². The summed E-state index contributed by atoms with van der Waals surface area (Å²) < 4.78 is 0. The normalized spacial score (nSPS) is 10.1. The molecule has 18 heavy (non-hydrogen) atoms. The quantitative estimate of drug-likeness (QED) is 0.845. The third-order valence-electron chi connectivity index (χ3n) is 2.29. The average Bonchev–Trinajstić information content (AvgIpc) is 2.34. The van der Waals surface area contributed by atoms with Crippen LogP contribution in [0.2, 0.25) is 5.02 Å². The summed E-state index contributed by atoms with van der Waals surface area (Å²) in [4.78, 5) is 8.48. The second-order valence-corrected chi connectivity index (χ2v) is 4.61. The Morgan fingerprint density at radius 2 is 2.11 bits per heavy atom. The van der Waals surface area contributed by atoms with Gasteiger partial charge in [0.25, 0.3) is 0 Å². The van der Waals surface area contributed by atoms with Crippen LogP contribution in [0.1, 0.15) is 11.3 Å². The Bertz CT molecular complexity index is 583. The first-order valence-corrected chi connectivity index (χ1v) is 6.00. The zero-order chi connectivity index (χ0) is 13.1. The number of halogens is 1. The molecule has 0 aliphatic carbocycles. The number of nitrogens with zero attached hydrogens (tertiary/aromatic N) is 2. The van der Waals surface area contributed by atoms with Gasteiger partial charge in [0, 0.05) is 0 Å². The lowest BCUT2D eigenvalue weighted by molar-refractivity contribution is 1.18. The first-order chi connectivity index (χ1) is 8.56. The number of nitrogens with two attached hydrogens (primary N) is 1. The highest BCUT2D eigenvalue weighted by atomic mass is 35.5. The van der Waals surface area contributed by atoms with E-state index in [1.165, 1.54) is 6.20 Å². The van der Waals surface area contributed by atoms with Gasteiger partial charge in [-0.1, -0.05) is 29.9 Å². The highest BCUT2D eigenvalue weighted by molar-refractivity contribution is 7.80. The molecular weight excluding hydrogens is 268 g/mol. The molecule has 1 aromatic carbocycles. The lowest BCUT2D eigenvalue weighted by Crippen LogP contribution is -2.12. The van der Waals surface area contributed by atoms with Crippen LogP contribution in [0.3, 0.4) is 0 Å². The van der Waals surface area contributed by atoms with Crippen LogP contribution in [-0.2, 0) is 0 Å². The van der Waals surface area contributed by atoms with E-state index in [9.17, 15) is 0 Å². The Labute approximate surface area is 115 Å². The molecule has 92 valence electrons. The summed E-state index contributed by atoms with van der Waals surface area (Å²) in [5.41, 5.74) is 7.83. The van der Waals surface area contributed by atoms with Gasteiger partial charge < -0.3 is 11.1 Å². The van der Waals surface area contributed by atoms with Crippen LogP contribution in [0, 0.1) is 6.92 Å². The van der Waals surface area contributed by atoms with Crippen molar-refractivity contribution in [1.82, 2.24) is 9.97 Å². The summed E-state index contributed by atoms with van der Waals surface area (Å²) in [6.07, 6.45) is 3.08. The van der Waals surface area contributed by atoms with Crippen molar-refractivity contribution in [3.05, 3.63) is 46.9 Å². The molecule has 6 heteroatoms. The van der Waals surface area contributed by atoms with Gasteiger partial charge in [0.1, 0.15) is 16.5 Å². The lowest BCUT2D eigenvalue weighted by Gasteiger charge is -2.08.